The second kappa shape index (κ2) is 3.61. The van der Waals surface area contributed by atoms with Crippen molar-refractivity contribution < 1.29 is 14.4 Å². The van der Waals surface area contributed by atoms with E-state index >= 15 is 0 Å². The molecule has 0 spiro atoms. The normalized spacial score (nSPS) is 27.3. The lowest BCUT2D eigenvalue weighted by Gasteiger charge is -2.15. The van der Waals surface area contributed by atoms with Gasteiger partial charge in [0.25, 0.3) is 0 Å². The highest BCUT2D eigenvalue weighted by molar-refractivity contribution is 7.99. The first kappa shape index (κ1) is 9.51. The molecule has 1 unspecified atom stereocenters. The van der Waals surface area contributed by atoms with Crippen LogP contribution >= 0.6 is 11.8 Å². The standard InChI is InChI=1S/C8H10N2O3S/c11-6-7(12)10(8(13)9-6)3-5-1-2-14-4-5/h5H,1-4H2,(H,9,11,13). The van der Waals surface area contributed by atoms with E-state index in [-0.39, 0.29) is 0 Å². The number of hydrogen-bond acceptors (Lipinski definition) is 4. The van der Waals surface area contributed by atoms with Crippen LogP contribution in [0.2, 0.25) is 0 Å². The fraction of sp³-hybridized carbons (Fsp3) is 0.625. The highest BCUT2D eigenvalue weighted by Crippen LogP contribution is 2.24. The summed E-state index contributed by atoms with van der Waals surface area (Å²) in [7, 11) is 0. The van der Waals surface area contributed by atoms with Crippen molar-refractivity contribution in [3.63, 3.8) is 0 Å². The van der Waals surface area contributed by atoms with Gasteiger partial charge in [0.1, 0.15) is 0 Å². The summed E-state index contributed by atoms with van der Waals surface area (Å²) in [4.78, 5) is 34.2. The minimum atomic E-state index is -0.805. The first-order chi connectivity index (χ1) is 6.68. The van der Waals surface area contributed by atoms with Crippen LogP contribution in [-0.2, 0) is 9.59 Å². The Hall–Kier alpha value is -1.04. The minimum absolute atomic E-state index is 0.348. The predicted molar refractivity (Wildman–Crippen MR) is 50.7 cm³/mol. The summed E-state index contributed by atoms with van der Waals surface area (Å²) in [6.07, 6.45) is 1.01. The minimum Gasteiger partial charge on any atom is -0.269 e. The molecule has 2 rings (SSSR count). The van der Waals surface area contributed by atoms with Gasteiger partial charge >= 0.3 is 17.8 Å². The molecule has 0 radical (unpaired) electrons. The molecule has 0 aromatic heterocycles. The molecule has 2 fully saturated rings. The lowest BCUT2D eigenvalue weighted by Crippen LogP contribution is -2.35. The predicted octanol–water partition coefficient (Wildman–Crippen LogP) is -0.182. The number of urea groups is 1. The van der Waals surface area contributed by atoms with Gasteiger partial charge in [-0.3, -0.25) is 19.8 Å². The number of thioether (sulfide) groups is 1. The molecule has 2 heterocycles. The maximum absolute atomic E-state index is 11.2. The molecule has 4 amide bonds. The average molecular weight is 214 g/mol. The summed E-state index contributed by atoms with van der Waals surface area (Å²) < 4.78 is 0. The molecule has 2 saturated heterocycles. The summed E-state index contributed by atoms with van der Waals surface area (Å²) >= 11 is 1.81. The van der Waals surface area contributed by atoms with Crippen LogP contribution in [0.5, 0.6) is 0 Å². The Morgan fingerprint density at radius 3 is 2.71 bits per heavy atom. The van der Waals surface area contributed by atoms with E-state index in [0.29, 0.717) is 12.5 Å². The molecule has 1 N–H and O–H groups in total. The van der Waals surface area contributed by atoms with Crippen LogP contribution in [0.4, 0.5) is 4.79 Å². The summed E-state index contributed by atoms with van der Waals surface area (Å²) in [6.45, 7) is 0.378. The number of amides is 4. The van der Waals surface area contributed by atoms with Gasteiger partial charge in [0, 0.05) is 6.54 Å². The Bertz CT molecular complexity index is 299. The quantitative estimate of drug-likeness (QED) is 0.511. The van der Waals surface area contributed by atoms with Crippen molar-refractivity contribution in [1.82, 2.24) is 10.2 Å². The van der Waals surface area contributed by atoms with Crippen molar-refractivity contribution in [3.8, 4) is 0 Å². The van der Waals surface area contributed by atoms with E-state index in [9.17, 15) is 14.4 Å². The van der Waals surface area contributed by atoms with Gasteiger partial charge in [0.2, 0.25) is 0 Å². The molecule has 2 aliphatic heterocycles. The van der Waals surface area contributed by atoms with Crippen LogP contribution in [0.1, 0.15) is 6.42 Å². The highest BCUT2D eigenvalue weighted by Gasteiger charge is 2.38. The third kappa shape index (κ3) is 1.61. The molecule has 0 bridgehead atoms. The lowest BCUT2D eigenvalue weighted by atomic mass is 10.1. The van der Waals surface area contributed by atoms with E-state index in [4.69, 9.17) is 0 Å². The van der Waals surface area contributed by atoms with Crippen LogP contribution in [-0.4, -0.2) is 40.8 Å². The molecule has 14 heavy (non-hydrogen) atoms. The fourth-order valence-corrected chi connectivity index (χ4v) is 2.86. The molecule has 0 aliphatic carbocycles. The molecule has 76 valence electrons. The molecule has 0 aromatic carbocycles. The molecule has 6 heteroatoms. The van der Waals surface area contributed by atoms with Gasteiger partial charge in [-0.15, -0.1) is 0 Å². The molecule has 2 aliphatic rings. The maximum Gasteiger partial charge on any atom is 0.331 e. The maximum atomic E-state index is 11.2. The largest absolute Gasteiger partial charge is 0.331 e. The number of rotatable bonds is 2. The summed E-state index contributed by atoms with van der Waals surface area (Å²) in [5.74, 6) is 0.862. The number of nitrogens with one attached hydrogen (secondary N) is 1. The van der Waals surface area contributed by atoms with E-state index in [1.54, 1.807) is 0 Å². The topological polar surface area (TPSA) is 66.5 Å². The zero-order valence-corrected chi connectivity index (χ0v) is 8.30. The number of carbonyl (C=O) groups is 3. The SMILES string of the molecule is O=C1NC(=O)N(CC2CCSC2)C1=O. The van der Waals surface area contributed by atoms with Crippen LogP contribution in [0.25, 0.3) is 0 Å². The van der Waals surface area contributed by atoms with Crippen molar-refractivity contribution in [2.45, 2.75) is 6.42 Å². The monoisotopic (exact) mass is 214 g/mol. The van der Waals surface area contributed by atoms with Crippen molar-refractivity contribution in [1.29, 1.82) is 0 Å². The second-order valence-electron chi connectivity index (χ2n) is 3.40. The Morgan fingerprint density at radius 2 is 2.21 bits per heavy atom. The summed E-state index contributed by atoms with van der Waals surface area (Å²) in [6, 6.07) is -0.572. The molecular weight excluding hydrogens is 204 g/mol. The van der Waals surface area contributed by atoms with E-state index < -0.39 is 17.8 Å². The van der Waals surface area contributed by atoms with Crippen molar-refractivity contribution in [2.75, 3.05) is 18.1 Å². The Labute approximate surface area is 85.2 Å². The zero-order valence-electron chi connectivity index (χ0n) is 7.49. The number of imide groups is 2. The second-order valence-corrected chi connectivity index (χ2v) is 4.55. The molecular formula is C8H10N2O3S. The summed E-state index contributed by atoms with van der Waals surface area (Å²) in [5, 5.41) is 1.98. The van der Waals surface area contributed by atoms with Crippen molar-refractivity contribution >= 4 is 29.6 Å². The Balaban J connectivity index is 1.99. The van der Waals surface area contributed by atoms with Crippen LogP contribution in [0, 0.1) is 5.92 Å². The molecule has 5 nitrogen and oxygen atoms in total. The van der Waals surface area contributed by atoms with Crippen molar-refractivity contribution in [3.05, 3.63) is 0 Å². The molecule has 0 saturated carbocycles. The van der Waals surface area contributed by atoms with E-state index in [1.165, 1.54) is 0 Å². The van der Waals surface area contributed by atoms with Crippen molar-refractivity contribution in [2.24, 2.45) is 5.92 Å². The molecule has 0 aromatic rings. The van der Waals surface area contributed by atoms with Crippen LogP contribution in [0.15, 0.2) is 0 Å². The van der Waals surface area contributed by atoms with Crippen LogP contribution < -0.4 is 5.32 Å². The van der Waals surface area contributed by atoms with Gasteiger partial charge in [0.05, 0.1) is 0 Å². The third-order valence-electron chi connectivity index (χ3n) is 2.37. The zero-order chi connectivity index (χ0) is 10.1. The third-order valence-corrected chi connectivity index (χ3v) is 3.60. The Kier molecular flexibility index (Phi) is 2.45. The Morgan fingerprint density at radius 1 is 1.43 bits per heavy atom. The number of hydrogen-bond donors (Lipinski definition) is 1. The van der Waals surface area contributed by atoms with E-state index in [0.717, 1.165) is 22.8 Å². The fourth-order valence-electron chi connectivity index (χ4n) is 1.58. The van der Waals surface area contributed by atoms with Gasteiger partial charge in [-0.25, -0.2) is 4.79 Å². The van der Waals surface area contributed by atoms with Crippen LogP contribution in [0.3, 0.4) is 0 Å². The summed E-state index contributed by atoms with van der Waals surface area (Å²) in [5.41, 5.74) is 0. The smallest absolute Gasteiger partial charge is 0.269 e. The highest BCUT2D eigenvalue weighted by atomic mass is 32.2. The van der Waals surface area contributed by atoms with Gasteiger partial charge in [0.15, 0.2) is 0 Å². The average Bonchev–Trinajstić information content (AvgIpc) is 2.71. The number of nitrogens with zero attached hydrogens (tertiary/aromatic N) is 1. The number of carbonyl (C=O) groups excluding carboxylic acids is 3. The first-order valence-corrected chi connectivity index (χ1v) is 5.58. The van der Waals surface area contributed by atoms with Gasteiger partial charge in [-0.05, 0) is 23.8 Å². The lowest BCUT2D eigenvalue weighted by molar-refractivity contribution is -0.140. The molecule has 1 atom stereocenters. The van der Waals surface area contributed by atoms with Gasteiger partial charge in [-0.2, -0.15) is 11.8 Å². The first-order valence-electron chi connectivity index (χ1n) is 4.43. The van der Waals surface area contributed by atoms with Gasteiger partial charge in [-0.1, -0.05) is 0 Å². The van der Waals surface area contributed by atoms with E-state index in [2.05, 4.69) is 0 Å². The van der Waals surface area contributed by atoms with Gasteiger partial charge < -0.3 is 0 Å². The van der Waals surface area contributed by atoms with E-state index in [1.807, 2.05) is 17.1 Å².